The van der Waals surface area contributed by atoms with Crippen LogP contribution in [-0.4, -0.2) is 24.6 Å². The quantitative estimate of drug-likeness (QED) is 0.425. The Morgan fingerprint density at radius 1 is 1.06 bits per heavy atom. The summed E-state index contributed by atoms with van der Waals surface area (Å²) in [7, 11) is 0. The van der Waals surface area contributed by atoms with Crippen LogP contribution in [0.15, 0.2) is 70.5 Å². The highest BCUT2D eigenvalue weighted by atomic mass is 16.2. The van der Waals surface area contributed by atoms with Gasteiger partial charge in [0.2, 0.25) is 5.91 Å². The van der Waals surface area contributed by atoms with Gasteiger partial charge in [0.15, 0.2) is 11.2 Å². The highest BCUT2D eigenvalue weighted by molar-refractivity contribution is 5.90. The number of nitriles is 1. The van der Waals surface area contributed by atoms with Gasteiger partial charge in [0, 0.05) is 12.2 Å². The molecule has 1 amide bonds. The molecule has 0 spiro atoms. The van der Waals surface area contributed by atoms with Crippen molar-refractivity contribution in [3.8, 4) is 6.07 Å². The fourth-order valence-corrected chi connectivity index (χ4v) is 3.83. The largest absolute Gasteiger partial charge is 0.333 e. The van der Waals surface area contributed by atoms with E-state index in [0.29, 0.717) is 34.9 Å². The summed E-state index contributed by atoms with van der Waals surface area (Å²) in [5.41, 5.74) is 1.25. The number of benzene rings is 2. The first-order chi connectivity index (χ1) is 16.9. The monoisotopic (exact) mass is 470 g/mol. The van der Waals surface area contributed by atoms with E-state index in [1.165, 1.54) is 4.57 Å². The normalized spacial score (nSPS) is 11.0. The molecule has 0 aliphatic heterocycles. The molecule has 2 aromatic carbocycles. The van der Waals surface area contributed by atoms with Gasteiger partial charge in [-0.2, -0.15) is 5.26 Å². The number of nitrogens with zero attached hydrogens (tertiary/aromatic N) is 5. The predicted molar refractivity (Wildman–Crippen MR) is 133 cm³/mol. The third-order valence-corrected chi connectivity index (χ3v) is 5.71. The first-order valence-corrected chi connectivity index (χ1v) is 11.4. The van der Waals surface area contributed by atoms with Gasteiger partial charge in [0.25, 0.3) is 5.56 Å². The SMILES string of the molecule is CC(C)CCn1cnc2c1c(=O)n(CC(=O)Nc1ccc(C#N)cc1)c(=O)n2Cc1ccccc1. The molecule has 4 rings (SSSR count). The fraction of sp³-hybridized carbons (Fsp3) is 0.269. The summed E-state index contributed by atoms with van der Waals surface area (Å²) in [5, 5.41) is 11.6. The molecule has 0 fully saturated rings. The smallest absolute Gasteiger partial charge is 0.325 e. The molecular formula is C26H26N6O3. The van der Waals surface area contributed by atoms with Crippen molar-refractivity contribution in [2.75, 3.05) is 5.32 Å². The van der Waals surface area contributed by atoms with Gasteiger partial charge in [0.05, 0.1) is 24.5 Å². The topological polar surface area (TPSA) is 115 Å². The van der Waals surface area contributed by atoms with Gasteiger partial charge in [-0.3, -0.25) is 14.2 Å². The van der Waals surface area contributed by atoms with E-state index >= 15 is 0 Å². The molecule has 1 N–H and O–H groups in total. The Morgan fingerprint density at radius 3 is 2.43 bits per heavy atom. The second-order valence-corrected chi connectivity index (χ2v) is 8.78. The number of aryl methyl sites for hydroxylation is 1. The second-order valence-electron chi connectivity index (χ2n) is 8.78. The summed E-state index contributed by atoms with van der Waals surface area (Å²) in [5.74, 6) is -0.101. The van der Waals surface area contributed by atoms with E-state index in [2.05, 4.69) is 24.1 Å². The van der Waals surface area contributed by atoms with E-state index in [0.717, 1.165) is 16.6 Å². The number of imidazole rings is 1. The van der Waals surface area contributed by atoms with Crippen LogP contribution in [0.1, 0.15) is 31.4 Å². The molecule has 9 heteroatoms. The van der Waals surface area contributed by atoms with Crippen LogP contribution in [-0.2, 0) is 24.4 Å². The van der Waals surface area contributed by atoms with Crippen LogP contribution in [0.25, 0.3) is 11.2 Å². The standard InChI is InChI=1S/C26H26N6O3/c1-18(2)12-13-30-17-28-24-23(30)25(34)32(26(35)31(24)15-20-6-4-3-5-7-20)16-22(33)29-21-10-8-19(14-27)9-11-21/h3-11,17-18H,12-13,15-16H2,1-2H3,(H,29,33). The van der Waals surface area contributed by atoms with Crippen LogP contribution in [0.2, 0.25) is 0 Å². The van der Waals surface area contributed by atoms with Gasteiger partial charge < -0.3 is 9.88 Å². The van der Waals surface area contributed by atoms with Gasteiger partial charge in [-0.15, -0.1) is 0 Å². The van der Waals surface area contributed by atoms with Crippen LogP contribution >= 0.6 is 0 Å². The van der Waals surface area contributed by atoms with Crippen molar-refractivity contribution in [1.29, 1.82) is 5.26 Å². The maximum atomic E-state index is 13.4. The van der Waals surface area contributed by atoms with Gasteiger partial charge in [-0.05, 0) is 42.2 Å². The maximum absolute atomic E-state index is 13.4. The Balaban J connectivity index is 1.75. The third kappa shape index (κ3) is 5.22. The number of nitrogens with one attached hydrogen (secondary N) is 1. The zero-order chi connectivity index (χ0) is 24.9. The minimum absolute atomic E-state index is 0.217. The van der Waals surface area contributed by atoms with E-state index in [-0.39, 0.29) is 6.54 Å². The number of hydrogen-bond acceptors (Lipinski definition) is 5. The lowest BCUT2D eigenvalue weighted by Gasteiger charge is -2.13. The Kier molecular flexibility index (Phi) is 6.92. The van der Waals surface area contributed by atoms with Crippen LogP contribution in [0.3, 0.4) is 0 Å². The van der Waals surface area contributed by atoms with Crippen molar-refractivity contribution in [2.24, 2.45) is 5.92 Å². The molecule has 0 bridgehead atoms. The van der Waals surface area contributed by atoms with Crippen molar-refractivity contribution >= 4 is 22.8 Å². The number of fused-ring (bicyclic) bond motifs is 1. The summed E-state index contributed by atoms with van der Waals surface area (Å²) in [6, 6.07) is 17.8. The number of anilines is 1. The van der Waals surface area contributed by atoms with Crippen LogP contribution in [0.5, 0.6) is 0 Å². The van der Waals surface area contributed by atoms with E-state index in [1.807, 2.05) is 36.4 Å². The van der Waals surface area contributed by atoms with Crippen molar-refractivity contribution in [3.63, 3.8) is 0 Å². The van der Waals surface area contributed by atoms with E-state index in [9.17, 15) is 14.4 Å². The average molecular weight is 471 g/mol. The Labute approximate surface area is 201 Å². The summed E-state index contributed by atoms with van der Waals surface area (Å²) in [6.45, 7) is 4.53. The number of rotatable bonds is 8. The molecule has 9 nitrogen and oxygen atoms in total. The van der Waals surface area contributed by atoms with E-state index in [1.54, 1.807) is 35.2 Å². The lowest BCUT2D eigenvalue weighted by molar-refractivity contribution is -0.116. The molecule has 0 aliphatic carbocycles. The molecule has 2 heterocycles. The Hall–Kier alpha value is -4.45. The highest BCUT2D eigenvalue weighted by Gasteiger charge is 2.20. The van der Waals surface area contributed by atoms with Crippen molar-refractivity contribution in [3.05, 3.63) is 92.9 Å². The molecule has 2 aromatic heterocycles. The number of hydrogen-bond donors (Lipinski definition) is 1. The van der Waals surface area contributed by atoms with E-state index < -0.39 is 23.7 Å². The van der Waals surface area contributed by atoms with Gasteiger partial charge in [-0.25, -0.2) is 14.3 Å². The van der Waals surface area contributed by atoms with Gasteiger partial charge >= 0.3 is 5.69 Å². The highest BCUT2D eigenvalue weighted by Crippen LogP contribution is 2.13. The van der Waals surface area contributed by atoms with Crippen LogP contribution in [0.4, 0.5) is 5.69 Å². The molecule has 0 atom stereocenters. The predicted octanol–water partition coefficient (Wildman–Crippen LogP) is 2.96. The maximum Gasteiger partial charge on any atom is 0.333 e. The average Bonchev–Trinajstić information content (AvgIpc) is 3.28. The fourth-order valence-electron chi connectivity index (χ4n) is 3.83. The minimum atomic E-state index is -0.601. The number of carbonyl (C=O) groups excluding carboxylic acids is 1. The van der Waals surface area contributed by atoms with Crippen LogP contribution < -0.4 is 16.6 Å². The molecule has 178 valence electrons. The Bertz CT molecular complexity index is 1510. The molecule has 0 saturated carbocycles. The zero-order valence-corrected chi connectivity index (χ0v) is 19.6. The summed E-state index contributed by atoms with van der Waals surface area (Å²) in [4.78, 5) is 44.0. The molecule has 0 radical (unpaired) electrons. The number of carbonyl (C=O) groups is 1. The van der Waals surface area contributed by atoms with Gasteiger partial charge in [-0.1, -0.05) is 44.2 Å². The van der Waals surface area contributed by atoms with Crippen LogP contribution in [0, 0.1) is 17.2 Å². The third-order valence-electron chi connectivity index (χ3n) is 5.71. The molecular weight excluding hydrogens is 444 g/mol. The molecule has 0 unspecified atom stereocenters. The first-order valence-electron chi connectivity index (χ1n) is 11.4. The lowest BCUT2D eigenvalue weighted by atomic mass is 10.1. The first kappa shape index (κ1) is 23.7. The molecule has 0 saturated heterocycles. The number of amides is 1. The zero-order valence-electron chi connectivity index (χ0n) is 19.6. The second kappa shape index (κ2) is 10.2. The van der Waals surface area contributed by atoms with Crippen molar-refractivity contribution in [2.45, 2.75) is 39.9 Å². The van der Waals surface area contributed by atoms with E-state index in [4.69, 9.17) is 5.26 Å². The van der Waals surface area contributed by atoms with Crippen molar-refractivity contribution in [1.82, 2.24) is 18.7 Å². The molecule has 0 aliphatic rings. The number of aromatic nitrogens is 4. The summed E-state index contributed by atoms with van der Waals surface area (Å²) >= 11 is 0. The van der Waals surface area contributed by atoms with Gasteiger partial charge in [0.1, 0.15) is 6.54 Å². The summed E-state index contributed by atoms with van der Waals surface area (Å²) in [6.07, 6.45) is 2.42. The molecule has 35 heavy (non-hydrogen) atoms. The minimum Gasteiger partial charge on any atom is -0.325 e. The summed E-state index contributed by atoms with van der Waals surface area (Å²) < 4.78 is 4.15. The Morgan fingerprint density at radius 2 is 1.77 bits per heavy atom. The van der Waals surface area contributed by atoms with Crippen molar-refractivity contribution < 1.29 is 4.79 Å². The lowest BCUT2D eigenvalue weighted by Crippen LogP contribution is -2.43. The molecule has 4 aromatic rings.